The van der Waals surface area contributed by atoms with Crippen molar-refractivity contribution in [2.45, 2.75) is 77.4 Å². The van der Waals surface area contributed by atoms with Crippen molar-refractivity contribution in [3.8, 4) is 0 Å². The topological polar surface area (TPSA) is 84.9 Å². The minimum atomic E-state index is -0.792. The molecule has 0 spiro atoms. The van der Waals surface area contributed by atoms with Crippen molar-refractivity contribution in [3.05, 3.63) is 0 Å². The molecule has 0 aromatic carbocycles. The van der Waals surface area contributed by atoms with Gasteiger partial charge in [-0.2, -0.15) is 0 Å². The maximum Gasteiger partial charge on any atom is 0.317 e. The van der Waals surface area contributed by atoms with Crippen LogP contribution in [0, 0.1) is 5.92 Å². The standard InChI is InChI=1S/C20H38N4O3/c1-4-23(14-19(25)26)17-11-16(12-17)22-20(27)21-13-18(15(2)3)24-9-7-5-6-8-10-24/h15-18H,4-14H2,1-3H3,(H,25,26)(H2,21,22,27). The molecule has 156 valence electrons. The van der Waals surface area contributed by atoms with Gasteiger partial charge in [0.15, 0.2) is 0 Å². The number of urea groups is 1. The van der Waals surface area contributed by atoms with Gasteiger partial charge in [-0.05, 0) is 51.2 Å². The summed E-state index contributed by atoms with van der Waals surface area (Å²) in [4.78, 5) is 27.7. The number of rotatable bonds is 9. The molecular formula is C20H38N4O3. The summed E-state index contributed by atoms with van der Waals surface area (Å²) in [5.74, 6) is -0.287. The largest absolute Gasteiger partial charge is 0.480 e. The van der Waals surface area contributed by atoms with E-state index in [0.717, 1.165) is 32.5 Å². The minimum absolute atomic E-state index is 0.0754. The zero-order valence-corrected chi connectivity index (χ0v) is 17.2. The average molecular weight is 383 g/mol. The van der Waals surface area contributed by atoms with Crippen LogP contribution >= 0.6 is 0 Å². The molecule has 1 unspecified atom stereocenters. The third-order valence-corrected chi connectivity index (χ3v) is 6.06. The second-order valence-corrected chi connectivity index (χ2v) is 8.39. The van der Waals surface area contributed by atoms with Gasteiger partial charge in [0.05, 0.1) is 6.54 Å². The first-order valence-corrected chi connectivity index (χ1v) is 10.6. The first-order valence-electron chi connectivity index (χ1n) is 10.6. The lowest BCUT2D eigenvalue weighted by Crippen LogP contribution is -2.57. The van der Waals surface area contributed by atoms with E-state index in [1.807, 2.05) is 11.8 Å². The molecule has 3 N–H and O–H groups in total. The van der Waals surface area contributed by atoms with Crippen molar-refractivity contribution in [2.75, 3.05) is 32.7 Å². The van der Waals surface area contributed by atoms with Gasteiger partial charge in [-0.15, -0.1) is 0 Å². The van der Waals surface area contributed by atoms with Crippen LogP contribution in [0.2, 0.25) is 0 Å². The number of nitrogens with zero attached hydrogens (tertiary/aromatic N) is 2. The summed E-state index contributed by atoms with van der Waals surface area (Å²) in [6.07, 6.45) is 6.79. The van der Waals surface area contributed by atoms with E-state index in [4.69, 9.17) is 5.11 Å². The van der Waals surface area contributed by atoms with Crippen LogP contribution in [-0.2, 0) is 4.79 Å². The van der Waals surface area contributed by atoms with Crippen molar-refractivity contribution in [1.29, 1.82) is 0 Å². The van der Waals surface area contributed by atoms with Crippen molar-refractivity contribution >= 4 is 12.0 Å². The Morgan fingerprint density at radius 3 is 2.30 bits per heavy atom. The predicted molar refractivity (Wildman–Crippen MR) is 107 cm³/mol. The van der Waals surface area contributed by atoms with Gasteiger partial charge in [0.1, 0.15) is 0 Å². The number of hydrogen-bond donors (Lipinski definition) is 3. The maximum atomic E-state index is 12.3. The fourth-order valence-corrected chi connectivity index (χ4v) is 4.32. The monoisotopic (exact) mass is 382 g/mol. The number of likely N-dealkylation sites (tertiary alicyclic amines) is 1. The predicted octanol–water partition coefficient (Wildman–Crippen LogP) is 2.12. The van der Waals surface area contributed by atoms with Gasteiger partial charge in [-0.1, -0.05) is 33.6 Å². The molecule has 2 aliphatic rings. The fourth-order valence-electron chi connectivity index (χ4n) is 4.32. The van der Waals surface area contributed by atoms with Crippen LogP contribution in [0.25, 0.3) is 0 Å². The van der Waals surface area contributed by atoms with Crippen LogP contribution in [0.5, 0.6) is 0 Å². The molecule has 1 aliphatic carbocycles. The lowest BCUT2D eigenvalue weighted by Gasteiger charge is -2.42. The number of aliphatic carboxylic acids is 1. The van der Waals surface area contributed by atoms with Crippen molar-refractivity contribution in [1.82, 2.24) is 20.4 Å². The highest BCUT2D eigenvalue weighted by atomic mass is 16.4. The summed E-state index contributed by atoms with van der Waals surface area (Å²) in [5.41, 5.74) is 0. The van der Waals surface area contributed by atoms with Crippen LogP contribution < -0.4 is 10.6 Å². The molecule has 2 fully saturated rings. The van der Waals surface area contributed by atoms with E-state index >= 15 is 0 Å². The lowest BCUT2D eigenvalue weighted by atomic mass is 9.85. The Balaban J connectivity index is 1.71. The SMILES string of the molecule is CCN(CC(=O)O)C1CC(NC(=O)NCC(C(C)C)N2CCCCCC2)C1. The van der Waals surface area contributed by atoms with Crippen LogP contribution in [-0.4, -0.2) is 77.8 Å². The Morgan fingerprint density at radius 2 is 1.78 bits per heavy atom. The highest BCUT2D eigenvalue weighted by Gasteiger charge is 2.34. The molecule has 0 radical (unpaired) electrons. The summed E-state index contributed by atoms with van der Waals surface area (Å²) >= 11 is 0. The van der Waals surface area contributed by atoms with E-state index in [1.165, 1.54) is 25.7 Å². The van der Waals surface area contributed by atoms with E-state index < -0.39 is 5.97 Å². The smallest absolute Gasteiger partial charge is 0.317 e. The van der Waals surface area contributed by atoms with E-state index in [0.29, 0.717) is 18.5 Å². The van der Waals surface area contributed by atoms with Gasteiger partial charge in [0.2, 0.25) is 0 Å². The Kier molecular flexibility index (Phi) is 8.83. The number of carbonyl (C=O) groups is 2. The molecule has 2 amide bonds. The summed E-state index contributed by atoms with van der Waals surface area (Å²) in [7, 11) is 0. The maximum absolute atomic E-state index is 12.3. The zero-order valence-electron chi connectivity index (χ0n) is 17.2. The van der Waals surface area contributed by atoms with Gasteiger partial charge in [0, 0.05) is 24.7 Å². The van der Waals surface area contributed by atoms with Crippen molar-refractivity contribution < 1.29 is 14.7 Å². The number of hydrogen-bond acceptors (Lipinski definition) is 4. The quantitative estimate of drug-likeness (QED) is 0.569. The minimum Gasteiger partial charge on any atom is -0.480 e. The molecule has 0 bridgehead atoms. The van der Waals surface area contributed by atoms with Crippen molar-refractivity contribution in [3.63, 3.8) is 0 Å². The number of carboxylic acid groups (broad SMARTS) is 1. The first kappa shape index (κ1) is 22.0. The highest BCUT2D eigenvalue weighted by molar-refractivity contribution is 5.74. The first-order chi connectivity index (χ1) is 12.9. The normalized spacial score (nSPS) is 24.9. The molecule has 1 saturated heterocycles. The Morgan fingerprint density at radius 1 is 1.15 bits per heavy atom. The molecule has 2 rings (SSSR count). The van der Waals surface area contributed by atoms with E-state index in [1.54, 1.807) is 0 Å². The van der Waals surface area contributed by atoms with Crippen LogP contribution in [0.1, 0.15) is 59.3 Å². The van der Waals surface area contributed by atoms with E-state index in [2.05, 4.69) is 29.4 Å². The molecule has 0 aromatic rings. The Hall–Kier alpha value is -1.34. The van der Waals surface area contributed by atoms with E-state index in [-0.39, 0.29) is 24.7 Å². The molecule has 1 aliphatic heterocycles. The number of carbonyl (C=O) groups excluding carboxylic acids is 1. The molecule has 7 nitrogen and oxygen atoms in total. The lowest BCUT2D eigenvalue weighted by molar-refractivity contribution is -0.139. The van der Waals surface area contributed by atoms with Gasteiger partial charge >= 0.3 is 12.0 Å². The van der Waals surface area contributed by atoms with E-state index in [9.17, 15) is 9.59 Å². The molecule has 27 heavy (non-hydrogen) atoms. The number of amides is 2. The molecule has 1 atom stereocenters. The van der Waals surface area contributed by atoms with Gasteiger partial charge in [0.25, 0.3) is 0 Å². The number of nitrogens with one attached hydrogen (secondary N) is 2. The number of carboxylic acids is 1. The summed E-state index contributed by atoms with van der Waals surface area (Å²) in [6, 6.07) is 0.694. The van der Waals surface area contributed by atoms with Crippen LogP contribution in [0.15, 0.2) is 0 Å². The second-order valence-electron chi connectivity index (χ2n) is 8.39. The summed E-state index contributed by atoms with van der Waals surface area (Å²) in [5, 5.41) is 15.1. The van der Waals surface area contributed by atoms with Gasteiger partial charge in [-0.25, -0.2) is 4.79 Å². The molecule has 1 heterocycles. The summed E-state index contributed by atoms with van der Waals surface area (Å²) in [6.45, 7) is 10.2. The van der Waals surface area contributed by atoms with Gasteiger partial charge < -0.3 is 15.7 Å². The van der Waals surface area contributed by atoms with Crippen LogP contribution in [0.4, 0.5) is 4.79 Å². The summed E-state index contributed by atoms with van der Waals surface area (Å²) < 4.78 is 0. The fraction of sp³-hybridized carbons (Fsp3) is 0.900. The third-order valence-electron chi connectivity index (χ3n) is 6.06. The average Bonchev–Trinajstić information content (AvgIpc) is 2.85. The molecular weight excluding hydrogens is 344 g/mol. The zero-order chi connectivity index (χ0) is 19.8. The Labute approximate surface area is 163 Å². The number of likely N-dealkylation sites (N-methyl/N-ethyl adjacent to an activating group) is 1. The third kappa shape index (κ3) is 6.96. The second kappa shape index (κ2) is 10.9. The van der Waals surface area contributed by atoms with Crippen LogP contribution in [0.3, 0.4) is 0 Å². The molecule has 7 heteroatoms. The highest BCUT2D eigenvalue weighted by Crippen LogP contribution is 2.25. The molecule has 0 aromatic heterocycles. The van der Waals surface area contributed by atoms with Gasteiger partial charge in [-0.3, -0.25) is 14.6 Å². The Bertz CT molecular complexity index is 472. The molecule has 1 saturated carbocycles. The van der Waals surface area contributed by atoms with Crippen molar-refractivity contribution in [2.24, 2.45) is 5.92 Å².